The zero-order valence-corrected chi connectivity index (χ0v) is 23.3. The van der Waals surface area contributed by atoms with Gasteiger partial charge in [0.15, 0.2) is 0 Å². The van der Waals surface area contributed by atoms with Crippen molar-refractivity contribution in [1.29, 1.82) is 0 Å². The first-order chi connectivity index (χ1) is 20.1. The summed E-state index contributed by atoms with van der Waals surface area (Å²) in [7, 11) is 0. The normalized spacial score (nSPS) is 15.2. The van der Waals surface area contributed by atoms with Crippen molar-refractivity contribution in [3.63, 3.8) is 0 Å². The van der Waals surface area contributed by atoms with Gasteiger partial charge in [0.05, 0.1) is 5.41 Å². The highest BCUT2D eigenvalue weighted by Crippen LogP contribution is 2.56. The van der Waals surface area contributed by atoms with Crippen molar-refractivity contribution in [3.05, 3.63) is 179 Å². The number of rotatable bonds is 3. The summed E-state index contributed by atoms with van der Waals surface area (Å²) >= 11 is 0. The lowest BCUT2D eigenvalue weighted by molar-refractivity contribution is 0.435. The van der Waals surface area contributed by atoms with Crippen LogP contribution in [0.1, 0.15) is 47.2 Å². The van der Waals surface area contributed by atoms with Gasteiger partial charge in [-0.15, -0.1) is 0 Å². The van der Waals surface area contributed by atoms with E-state index in [-0.39, 0.29) is 5.41 Å². The van der Waals surface area contributed by atoms with Gasteiger partial charge in [0.2, 0.25) is 0 Å². The van der Waals surface area contributed by atoms with Crippen molar-refractivity contribution in [2.24, 2.45) is 0 Å². The summed E-state index contributed by atoms with van der Waals surface area (Å²) in [6.07, 6.45) is 0. The fraction of sp³-hybridized carbons (Fsp3) is 0.100. The van der Waals surface area contributed by atoms with Crippen molar-refractivity contribution < 1.29 is 4.74 Å². The van der Waals surface area contributed by atoms with Gasteiger partial charge in [-0.3, -0.25) is 0 Å². The molecule has 196 valence electrons. The van der Waals surface area contributed by atoms with E-state index in [9.17, 15) is 0 Å². The molecule has 0 spiro atoms. The molecule has 41 heavy (non-hydrogen) atoms. The second-order valence-electron chi connectivity index (χ2n) is 11.7. The molecule has 0 fully saturated rings. The molecular weight excluding hydrogens is 496 g/mol. The van der Waals surface area contributed by atoms with Crippen molar-refractivity contribution in [1.82, 2.24) is 0 Å². The highest BCUT2D eigenvalue weighted by Gasteiger charge is 2.45. The predicted molar refractivity (Wildman–Crippen MR) is 168 cm³/mol. The molecule has 8 rings (SSSR count). The molecule has 0 amide bonds. The van der Waals surface area contributed by atoms with Crippen molar-refractivity contribution in [2.75, 3.05) is 0 Å². The van der Waals surface area contributed by atoms with E-state index in [0.717, 1.165) is 28.2 Å². The number of para-hydroxylation sites is 1. The Morgan fingerprint density at radius 3 is 1.63 bits per heavy atom. The first-order valence-electron chi connectivity index (χ1n) is 14.4. The topological polar surface area (TPSA) is 9.23 Å². The van der Waals surface area contributed by atoms with Crippen LogP contribution in [0.5, 0.6) is 11.5 Å². The van der Waals surface area contributed by atoms with Crippen LogP contribution in [0.25, 0.3) is 22.3 Å². The Balaban J connectivity index is 1.35. The quantitative estimate of drug-likeness (QED) is 0.223. The molecule has 6 aromatic carbocycles. The third-order valence-corrected chi connectivity index (χ3v) is 9.23. The van der Waals surface area contributed by atoms with E-state index >= 15 is 0 Å². The van der Waals surface area contributed by atoms with Crippen LogP contribution in [-0.4, -0.2) is 0 Å². The number of benzene rings is 6. The van der Waals surface area contributed by atoms with E-state index in [1.165, 1.54) is 38.9 Å². The standard InChI is InChI=1S/C40H30O/c1-39(2)33-18-10-9-17-31(33)32-25-27(21-23-34(32)39)28-22-24-36-38(26-28)41-37-20-12-11-19-35(37)40(36,29-13-5-3-6-14-29)30-15-7-4-8-16-30/h3-26H,1-2H3. The molecule has 0 radical (unpaired) electrons. The van der Waals surface area contributed by atoms with Gasteiger partial charge in [0.1, 0.15) is 11.5 Å². The van der Waals surface area contributed by atoms with Crippen molar-refractivity contribution in [2.45, 2.75) is 24.7 Å². The zero-order chi connectivity index (χ0) is 27.6. The Labute approximate surface area is 241 Å². The molecule has 2 aliphatic rings. The van der Waals surface area contributed by atoms with Gasteiger partial charge in [-0.2, -0.15) is 0 Å². The molecule has 1 aliphatic carbocycles. The lowest BCUT2D eigenvalue weighted by Gasteiger charge is -2.41. The zero-order valence-electron chi connectivity index (χ0n) is 23.3. The van der Waals surface area contributed by atoms with Gasteiger partial charge in [-0.25, -0.2) is 0 Å². The maximum atomic E-state index is 6.72. The van der Waals surface area contributed by atoms with Crippen molar-refractivity contribution in [3.8, 4) is 33.8 Å². The lowest BCUT2D eigenvalue weighted by Crippen LogP contribution is -2.34. The van der Waals surface area contributed by atoms with E-state index < -0.39 is 5.41 Å². The second-order valence-corrected chi connectivity index (χ2v) is 11.7. The molecule has 1 heterocycles. The minimum Gasteiger partial charge on any atom is -0.457 e. The van der Waals surface area contributed by atoms with Crippen molar-refractivity contribution >= 4 is 0 Å². The first-order valence-corrected chi connectivity index (χ1v) is 14.4. The smallest absolute Gasteiger partial charge is 0.132 e. The van der Waals surface area contributed by atoms with Gasteiger partial charge in [0.25, 0.3) is 0 Å². The molecule has 0 N–H and O–H groups in total. The molecule has 0 unspecified atom stereocenters. The third-order valence-electron chi connectivity index (χ3n) is 9.23. The van der Waals surface area contributed by atoms with Crippen LogP contribution >= 0.6 is 0 Å². The Morgan fingerprint density at radius 1 is 0.415 bits per heavy atom. The van der Waals surface area contributed by atoms with Crippen LogP contribution in [0, 0.1) is 0 Å². The second kappa shape index (κ2) is 8.81. The van der Waals surface area contributed by atoms with Crippen LogP contribution in [0.15, 0.2) is 146 Å². The summed E-state index contributed by atoms with van der Waals surface area (Å²) in [6, 6.07) is 52.7. The monoisotopic (exact) mass is 526 g/mol. The Morgan fingerprint density at radius 2 is 0.927 bits per heavy atom. The van der Waals surface area contributed by atoms with E-state index in [0.29, 0.717) is 0 Å². The molecule has 0 bridgehead atoms. The molecule has 6 aromatic rings. The van der Waals surface area contributed by atoms with E-state index in [1.54, 1.807) is 0 Å². The molecule has 0 aromatic heterocycles. The van der Waals surface area contributed by atoms with Crippen LogP contribution in [0.3, 0.4) is 0 Å². The lowest BCUT2D eigenvalue weighted by atomic mass is 9.63. The summed E-state index contributed by atoms with van der Waals surface area (Å²) in [4.78, 5) is 0. The minimum atomic E-state index is -0.494. The highest BCUT2D eigenvalue weighted by atomic mass is 16.5. The SMILES string of the molecule is CC1(C)c2ccccc2-c2cc(-c3ccc4c(c3)Oc3ccccc3C4(c3ccccc3)c3ccccc3)ccc21. The Kier molecular flexibility index (Phi) is 5.15. The van der Waals surface area contributed by atoms with Gasteiger partial charge < -0.3 is 4.74 Å². The van der Waals surface area contributed by atoms with Gasteiger partial charge >= 0.3 is 0 Å². The van der Waals surface area contributed by atoms with Crippen LogP contribution < -0.4 is 4.74 Å². The molecule has 0 atom stereocenters. The van der Waals surface area contributed by atoms with Gasteiger partial charge in [0, 0.05) is 16.5 Å². The first kappa shape index (κ1) is 24.0. The molecule has 1 heteroatoms. The number of hydrogen-bond acceptors (Lipinski definition) is 1. The van der Waals surface area contributed by atoms with E-state index in [2.05, 4.69) is 159 Å². The average molecular weight is 527 g/mol. The maximum absolute atomic E-state index is 6.72. The van der Waals surface area contributed by atoms with Crippen LogP contribution in [0.2, 0.25) is 0 Å². The van der Waals surface area contributed by atoms with Gasteiger partial charge in [-0.05, 0) is 62.7 Å². The fourth-order valence-corrected chi connectivity index (χ4v) is 7.29. The Hall–Kier alpha value is -4.88. The summed E-state index contributed by atoms with van der Waals surface area (Å²) < 4.78 is 6.72. The summed E-state index contributed by atoms with van der Waals surface area (Å²) in [5, 5.41) is 0. The van der Waals surface area contributed by atoms with E-state index in [1.807, 2.05) is 0 Å². The third kappa shape index (κ3) is 3.36. The number of hydrogen-bond donors (Lipinski definition) is 0. The maximum Gasteiger partial charge on any atom is 0.132 e. The van der Waals surface area contributed by atoms with Gasteiger partial charge in [-0.1, -0.05) is 141 Å². The molecule has 0 saturated heterocycles. The highest BCUT2D eigenvalue weighted by molar-refractivity contribution is 5.85. The molecular formula is C40H30O. The number of fused-ring (bicyclic) bond motifs is 5. The average Bonchev–Trinajstić information content (AvgIpc) is 3.26. The Bertz CT molecular complexity index is 1890. The minimum absolute atomic E-state index is 0.00188. The predicted octanol–water partition coefficient (Wildman–Crippen LogP) is 10.1. The molecule has 1 nitrogen and oxygen atoms in total. The summed E-state index contributed by atoms with van der Waals surface area (Å²) in [5.74, 6) is 1.80. The summed E-state index contributed by atoms with van der Waals surface area (Å²) in [6.45, 7) is 4.66. The van der Waals surface area contributed by atoms with Crippen LogP contribution in [0.4, 0.5) is 0 Å². The number of ether oxygens (including phenoxy) is 1. The fourth-order valence-electron chi connectivity index (χ4n) is 7.29. The molecule has 0 saturated carbocycles. The molecule has 1 aliphatic heterocycles. The van der Waals surface area contributed by atoms with Crippen LogP contribution in [-0.2, 0) is 10.8 Å². The van der Waals surface area contributed by atoms with E-state index in [4.69, 9.17) is 4.74 Å². The summed E-state index contributed by atoms with van der Waals surface area (Å²) in [5.41, 5.74) is 12.1. The largest absolute Gasteiger partial charge is 0.457 e.